The Kier molecular flexibility index (Phi) is 5.92. The molecule has 1 aromatic heterocycles. The van der Waals surface area contributed by atoms with Crippen LogP contribution in [0.5, 0.6) is 5.75 Å². The molecule has 6 nitrogen and oxygen atoms in total. The topological polar surface area (TPSA) is 57.7 Å². The first-order valence-corrected chi connectivity index (χ1v) is 10.4. The highest BCUT2D eigenvalue weighted by Crippen LogP contribution is 2.29. The highest BCUT2D eigenvalue weighted by Gasteiger charge is 2.20. The van der Waals surface area contributed by atoms with Crippen molar-refractivity contribution in [3.63, 3.8) is 0 Å². The fourth-order valence-electron chi connectivity index (χ4n) is 3.36. The Morgan fingerprint density at radius 1 is 1.17 bits per heavy atom. The van der Waals surface area contributed by atoms with Gasteiger partial charge in [0, 0.05) is 44.8 Å². The molecule has 8 heteroatoms. The van der Waals surface area contributed by atoms with Crippen molar-refractivity contribution >= 4 is 32.6 Å². The van der Waals surface area contributed by atoms with Crippen LogP contribution in [0.2, 0.25) is 0 Å². The number of ether oxygens (including phenoxy) is 1. The van der Waals surface area contributed by atoms with Crippen molar-refractivity contribution < 1.29 is 13.9 Å². The second-order valence-corrected chi connectivity index (χ2v) is 7.93. The minimum atomic E-state index is -0.228. The van der Waals surface area contributed by atoms with E-state index in [1.807, 2.05) is 0 Å². The molecule has 1 saturated heterocycles. The number of amides is 1. The molecule has 1 N–H and O–H groups in total. The first-order chi connectivity index (χ1) is 14.1. The van der Waals surface area contributed by atoms with E-state index in [9.17, 15) is 9.18 Å². The molecule has 2 aromatic carbocycles. The number of nitrogens with one attached hydrogen (secondary N) is 1. The van der Waals surface area contributed by atoms with Gasteiger partial charge in [-0.05, 0) is 42.5 Å². The van der Waals surface area contributed by atoms with Gasteiger partial charge in [0.15, 0.2) is 5.13 Å². The van der Waals surface area contributed by atoms with Gasteiger partial charge in [-0.1, -0.05) is 11.3 Å². The van der Waals surface area contributed by atoms with E-state index >= 15 is 0 Å². The Balaban J connectivity index is 1.23. The summed E-state index contributed by atoms with van der Waals surface area (Å²) in [6.07, 6.45) is 0. The van der Waals surface area contributed by atoms with Crippen LogP contribution in [0.15, 0.2) is 42.5 Å². The van der Waals surface area contributed by atoms with Gasteiger partial charge < -0.3 is 15.0 Å². The van der Waals surface area contributed by atoms with Crippen molar-refractivity contribution in [3.8, 4) is 5.75 Å². The molecule has 4 rings (SSSR count). The quantitative estimate of drug-likeness (QED) is 0.672. The number of rotatable bonds is 6. The number of piperazine rings is 1. The third kappa shape index (κ3) is 4.65. The van der Waals surface area contributed by atoms with Gasteiger partial charge in [-0.3, -0.25) is 9.69 Å². The molecule has 2 heterocycles. The number of hydrogen-bond acceptors (Lipinski definition) is 6. The summed E-state index contributed by atoms with van der Waals surface area (Å²) in [5.41, 5.74) is 1.47. The Hall–Kier alpha value is -2.71. The number of carbonyl (C=O) groups is 1. The van der Waals surface area contributed by atoms with Gasteiger partial charge in [-0.15, -0.1) is 0 Å². The average Bonchev–Trinajstić information content (AvgIpc) is 3.17. The van der Waals surface area contributed by atoms with E-state index in [-0.39, 0.29) is 11.7 Å². The second kappa shape index (κ2) is 8.75. The minimum Gasteiger partial charge on any atom is -0.497 e. The van der Waals surface area contributed by atoms with E-state index < -0.39 is 0 Å². The summed E-state index contributed by atoms with van der Waals surface area (Å²) in [4.78, 5) is 21.4. The van der Waals surface area contributed by atoms with Crippen molar-refractivity contribution in [1.29, 1.82) is 0 Å². The first-order valence-electron chi connectivity index (χ1n) is 9.58. The summed E-state index contributed by atoms with van der Waals surface area (Å²) in [6.45, 7) is 4.96. The van der Waals surface area contributed by atoms with Crippen LogP contribution in [0, 0.1) is 5.82 Å². The van der Waals surface area contributed by atoms with E-state index in [4.69, 9.17) is 4.74 Å². The van der Waals surface area contributed by atoms with Crippen LogP contribution < -0.4 is 15.0 Å². The maximum atomic E-state index is 13.4. The Labute approximate surface area is 172 Å². The lowest BCUT2D eigenvalue weighted by Crippen LogP contribution is -2.48. The van der Waals surface area contributed by atoms with Crippen molar-refractivity contribution in [1.82, 2.24) is 15.2 Å². The summed E-state index contributed by atoms with van der Waals surface area (Å²) in [5, 5.41) is 3.91. The predicted molar refractivity (Wildman–Crippen MR) is 114 cm³/mol. The average molecular weight is 415 g/mol. The first kappa shape index (κ1) is 19.6. The molecule has 0 saturated carbocycles. The van der Waals surface area contributed by atoms with Gasteiger partial charge in [-0.2, -0.15) is 0 Å². The standard InChI is InChI=1S/C21H23FN4O2S/c1-28-17-5-2-15(3-6-17)20(27)23-8-9-25-10-12-26(13-11-25)21-24-18-7-4-16(22)14-19(18)29-21/h2-7,14H,8-13H2,1H3,(H,23,27). The zero-order chi connectivity index (χ0) is 20.2. The van der Waals surface area contributed by atoms with Crippen LogP contribution >= 0.6 is 11.3 Å². The fourth-order valence-corrected chi connectivity index (χ4v) is 4.40. The molecule has 1 aliphatic heterocycles. The number of thiazole rings is 1. The van der Waals surface area contributed by atoms with Gasteiger partial charge in [0.1, 0.15) is 11.6 Å². The number of benzene rings is 2. The number of hydrogen-bond donors (Lipinski definition) is 1. The third-order valence-corrected chi connectivity index (χ3v) is 6.13. The number of halogens is 1. The predicted octanol–water partition coefficient (Wildman–Crippen LogP) is 3.00. The smallest absolute Gasteiger partial charge is 0.251 e. The van der Waals surface area contributed by atoms with E-state index in [0.717, 1.165) is 53.8 Å². The molecular formula is C21H23FN4O2S. The highest BCUT2D eigenvalue weighted by molar-refractivity contribution is 7.22. The maximum Gasteiger partial charge on any atom is 0.251 e. The van der Waals surface area contributed by atoms with Crippen LogP contribution in [-0.4, -0.2) is 62.2 Å². The van der Waals surface area contributed by atoms with Crippen LogP contribution in [0.3, 0.4) is 0 Å². The third-order valence-electron chi connectivity index (χ3n) is 5.05. The van der Waals surface area contributed by atoms with Crippen molar-refractivity contribution in [2.45, 2.75) is 0 Å². The second-order valence-electron chi connectivity index (χ2n) is 6.92. The molecule has 1 amide bonds. The summed E-state index contributed by atoms with van der Waals surface area (Å²) >= 11 is 1.53. The Morgan fingerprint density at radius 2 is 1.93 bits per heavy atom. The lowest BCUT2D eigenvalue weighted by Gasteiger charge is -2.34. The molecule has 0 unspecified atom stereocenters. The summed E-state index contributed by atoms with van der Waals surface area (Å²) in [5.74, 6) is 0.430. The highest BCUT2D eigenvalue weighted by atomic mass is 32.1. The Morgan fingerprint density at radius 3 is 2.66 bits per heavy atom. The van der Waals surface area contributed by atoms with Gasteiger partial charge in [-0.25, -0.2) is 9.37 Å². The van der Waals surface area contributed by atoms with E-state index in [0.29, 0.717) is 12.1 Å². The zero-order valence-electron chi connectivity index (χ0n) is 16.2. The molecule has 0 bridgehead atoms. The molecule has 3 aromatic rings. The van der Waals surface area contributed by atoms with Crippen LogP contribution in [0.1, 0.15) is 10.4 Å². The van der Waals surface area contributed by atoms with Crippen molar-refractivity contribution in [2.75, 3.05) is 51.3 Å². The molecule has 0 spiro atoms. The molecule has 0 radical (unpaired) electrons. The van der Waals surface area contributed by atoms with E-state index in [1.165, 1.54) is 23.5 Å². The van der Waals surface area contributed by atoms with E-state index in [1.54, 1.807) is 37.4 Å². The molecular weight excluding hydrogens is 391 g/mol. The fraction of sp³-hybridized carbons (Fsp3) is 0.333. The monoisotopic (exact) mass is 414 g/mol. The summed E-state index contributed by atoms with van der Waals surface area (Å²) in [7, 11) is 1.60. The van der Waals surface area contributed by atoms with Gasteiger partial charge in [0.05, 0.1) is 17.3 Å². The number of carbonyl (C=O) groups excluding carboxylic acids is 1. The Bertz CT molecular complexity index is 984. The normalized spacial score (nSPS) is 14.9. The molecule has 1 fully saturated rings. The van der Waals surface area contributed by atoms with Gasteiger partial charge in [0.2, 0.25) is 0 Å². The number of fused-ring (bicyclic) bond motifs is 1. The summed E-state index contributed by atoms with van der Waals surface area (Å²) < 4.78 is 19.4. The lowest BCUT2D eigenvalue weighted by molar-refractivity contribution is 0.0947. The van der Waals surface area contributed by atoms with Crippen molar-refractivity contribution in [3.05, 3.63) is 53.8 Å². The number of nitrogens with zero attached hydrogens (tertiary/aromatic N) is 3. The molecule has 152 valence electrons. The molecule has 0 aliphatic carbocycles. The van der Waals surface area contributed by atoms with Crippen molar-refractivity contribution in [2.24, 2.45) is 0 Å². The number of methoxy groups -OCH3 is 1. The molecule has 0 atom stereocenters. The zero-order valence-corrected chi connectivity index (χ0v) is 17.0. The SMILES string of the molecule is COc1ccc(C(=O)NCCN2CCN(c3nc4ccc(F)cc4s3)CC2)cc1. The lowest BCUT2D eigenvalue weighted by atomic mass is 10.2. The van der Waals surface area contributed by atoms with Gasteiger partial charge in [0.25, 0.3) is 5.91 Å². The van der Waals surface area contributed by atoms with Crippen LogP contribution in [0.4, 0.5) is 9.52 Å². The largest absolute Gasteiger partial charge is 0.497 e. The minimum absolute atomic E-state index is 0.0759. The van der Waals surface area contributed by atoms with Crippen LogP contribution in [-0.2, 0) is 0 Å². The van der Waals surface area contributed by atoms with Crippen LogP contribution in [0.25, 0.3) is 10.2 Å². The maximum absolute atomic E-state index is 13.4. The molecule has 29 heavy (non-hydrogen) atoms. The molecule has 1 aliphatic rings. The number of aromatic nitrogens is 1. The summed E-state index contributed by atoms with van der Waals surface area (Å²) in [6, 6.07) is 11.8. The number of anilines is 1. The van der Waals surface area contributed by atoms with E-state index in [2.05, 4.69) is 20.1 Å². The van der Waals surface area contributed by atoms with Gasteiger partial charge >= 0.3 is 0 Å².